The first-order valence-corrected chi connectivity index (χ1v) is 19.6. The van der Waals surface area contributed by atoms with Gasteiger partial charge in [0.2, 0.25) is 11.7 Å². The molecule has 1 aromatic heterocycles. The number of carbonyl (C=O) groups excluding carboxylic acids is 2. The third kappa shape index (κ3) is 11.2. The maximum absolute atomic E-state index is 13.3. The van der Waals surface area contributed by atoms with Crippen LogP contribution in [-0.2, 0) is 28.5 Å². The van der Waals surface area contributed by atoms with Gasteiger partial charge in [-0.2, -0.15) is 0 Å². The molecule has 63 heavy (non-hydrogen) atoms. The molecular formula is C45H50O18. The molecule has 0 radical (unpaired) electrons. The van der Waals surface area contributed by atoms with Crippen LogP contribution in [0.15, 0.2) is 117 Å². The van der Waals surface area contributed by atoms with E-state index in [9.17, 15) is 65.4 Å². The molecule has 0 saturated carbocycles. The zero-order valence-electron chi connectivity index (χ0n) is 34.5. The van der Waals surface area contributed by atoms with Crippen LogP contribution in [0.4, 0.5) is 0 Å². The highest BCUT2D eigenvalue weighted by Crippen LogP contribution is 2.40. The summed E-state index contributed by atoms with van der Waals surface area (Å²) >= 11 is 0. The summed E-state index contributed by atoms with van der Waals surface area (Å²) in [6.07, 6.45) is 0.895. The summed E-state index contributed by atoms with van der Waals surface area (Å²) in [6.45, 7) is 5.40. The molecule has 18 heteroatoms. The summed E-state index contributed by atoms with van der Waals surface area (Å²) in [7, 11) is 0. The number of hydrogen-bond acceptors (Lipinski definition) is 18. The van der Waals surface area contributed by atoms with Crippen LogP contribution in [0.25, 0.3) is 21.9 Å². The molecule has 10 atom stereocenters. The van der Waals surface area contributed by atoms with Gasteiger partial charge in [0, 0.05) is 22.8 Å². The lowest BCUT2D eigenvalue weighted by atomic mass is 9.90. The van der Waals surface area contributed by atoms with Crippen molar-refractivity contribution in [2.24, 2.45) is 0 Å². The molecule has 338 valence electrons. The van der Waals surface area contributed by atoms with Gasteiger partial charge in [-0.15, -0.1) is 0 Å². The van der Waals surface area contributed by atoms with Crippen LogP contribution in [0, 0.1) is 0 Å². The van der Waals surface area contributed by atoms with Gasteiger partial charge in [0.05, 0.1) is 12.0 Å². The molecule has 10 N–H and O–H groups in total. The largest absolute Gasteiger partial charge is 0.507 e. The molecule has 0 spiro atoms. The Bertz CT molecular complexity index is 2450. The summed E-state index contributed by atoms with van der Waals surface area (Å²) < 4.78 is 27.1. The second-order valence-corrected chi connectivity index (χ2v) is 15.0. The smallest absolute Gasteiger partial charge is 0.336 e. The number of aromatic hydroxyl groups is 3. The standard InChI is InChI=1S/C45H50O18/c1-21(9-5-6-10-22(2)12-8-14-24(4)44(58)63-45-41(56)39(54)36(51)31(19-46)62-45)11-7-13-23(3)43(57)59-20-32-37(52)38(53)40(55)42(61-32)25-15-16-29-33(34(25)49)35(50)26-17-27(47)28(48)18-30(26)60-29/h5-18,31-32,36-42,45-49,51-56H,19-20H2,1-4H3/b6-5-,11-7+,12-8+,21-9+,22-10+,23-13+,24-14+/t31-,32+,36-,37+,38-,39+,40+,41-,42-,45+/m1/s1. The predicted molar refractivity (Wildman–Crippen MR) is 224 cm³/mol. The van der Waals surface area contributed by atoms with Crippen LogP contribution in [-0.4, -0.2) is 131 Å². The number of aliphatic hydroxyl groups is 7. The van der Waals surface area contributed by atoms with Crippen molar-refractivity contribution in [3.05, 3.63) is 123 Å². The van der Waals surface area contributed by atoms with Gasteiger partial charge in [0.25, 0.3) is 0 Å². The Kier molecular flexibility index (Phi) is 16.0. The van der Waals surface area contributed by atoms with E-state index in [2.05, 4.69) is 0 Å². The maximum atomic E-state index is 13.3. The number of hydrogen-bond donors (Lipinski definition) is 10. The number of carbonyl (C=O) groups is 2. The number of fused-ring (bicyclic) bond motifs is 2. The monoisotopic (exact) mass is 878 g/mol. The highest BCUT2D eigenvalue weighted by atomic mass is 16.7. The normalized spacial score (nSPS) is 27.9. The molecule has 5 rings (SSSR count). The highest BCUT2D eigenvalue weighted by Gasteiger charge is 2.47. The van der Waals surface area contributed by atoms with Gasteiger partial charge >= 0.3 is 11.9 Å². The summed E-state index contributed by atoms with van der Waals surface area (Å²) in [5.41, 5.74) is 0.909. The Morgan fingerprint density at radius 3 is 1.86 bits per heavy atom. The van der Waals surface area contributed by atoms with Crippen molar-refractivity contribution in [1.82, 2.24) is 0 Å². The quantitative estimate of drug-likeness (QED) is 0.0386. The molecule has 3 aromatic rings. The van der Waals surface area contributed by atoms with E-state index < -0.39 is 109 Å². The van der Waals surface area contributed by atoms with E-state index >= 15 is 0 Å². The van der Waals surface area contributed by atoms with Crippen molar-refractivity contribution >= 4 is 33.9 Å². The minimum Gasteiger partial charge on any atom is -0.507 e. The molecule has 0 unspecified atom stereocenters. The number of phenolic OH excluding ortho intramolecular Hbond substituents is 3. The summed E-state index contributed by atoms with van der Waals surface area (Å²) in [5, 5.41) is 102. The van der Waals surface area contributed by atoms with Crippen molar-refractivity contribution in [3.63, 3.8) is 0 Å². The first-order chi connectivity index (χ1) is 29.8. The van der Waals surface area contributed by atoms with Gasteiger partial charge in [-0.05, 0) is 45.9 Å². The average Bonchev–Trinajstić information content (AvgIpc) is 3.25. The Labute approximate surface area is 359 Å². The van der Waals surface area contributed by atoms with Crippen LogP contribution in [0.3, 0.4) is 0 Å². The fraction of sp³-hybridized carbons (Fsp3) is 0.356. The van der Waals surface area contributed by atoms with E-state index in [1.165, 1.54) is 38.1 Å². The second-order valence-electron chi connectivity index (χ2n) is 15.0. The van der Waals surface area contributed by atoms with Gasteiger partial charge in [-0.25, -0.2) is 9.59 Å². The molecular weight excluding hydrogens is 828 g/mol. The van der Waals surface area contributed by atoms with E-state index in [4.69, 9.17) is 23.4 Å². The topological polar surface area (TPSA) is 304 Å². The zero-order chi connectivity index (χ0) is 46.3. The number of allylic oxidation sites excluding steroid dienone is 12. The summed E-state index contributed by atoms with van der Waals surface area (Å²) in [4.78, 5) is 38.6. The van der Waals surface area contributed by atoms with E-state index in [1.807, 2.05) is 13.8 Å². The van der Waals surface area contributed by atoms with Crippen LogP contribution >= 0.6 is 0 Å². The minimum atomic E-state index is -1.81. The van der Waals surface area contributed by atoms with Crippen LogP contribution in [0.2, 0.25) is 0 Å². The lowest BCUT2D eigenvalue weighted by Crippen LogP contribution is -2.59. The molecule has 0 bridgehead atoms. The van der Waals surface area contributed by atoms with Gasteiger partial charge in [0.1, 0.15) is 83.8 Å². The Morgan fingerprint density at radius 2 is 1.24 bits per heavy atom. The fourth-order valence-corrected chi connectivity index (χ4v) is 6.53. The molecule has 18 nitrogen and oxygen atoms in total. The van der Waals surface area contributed by atoms with Crippen LogP contribution in [0.5, 0.6) is 17.2 Å². The number of ether oxygens (including phenoxy) is 4. The van der Waals surface area contributed by atoms with E-state index in [-0.39, 0.29) is 38.6 Å². The molecule has 0 aliphatic carbocycles. The molecule has 2 aliphatic heterocycles. The first-order valence-electron chi connectivity index (χ1n) is 19.6. The minimum absolute atomic E-state index is 0.0663. The molecule has 0 amide bonds. The van der Waals surface area contributed by atoms with Gasteiger partial charge in [0.15, 0.2) is 11.5 Å². The fourth-order valence-electron chi connectivity index (χ4n) is 6.53. The van der Waals surface area contributed by atoms with E-state index in [0.717, 1.165) is 23.3 Å². The van der Waals surface area contributed by atoms with E-state index in [1.54, 1.807) is 48.6 Å². The molecule has 2 saturated heterocycles. The van der Waals surface area contributed by atoms with Crippen molar-refractivity contribution in [3.8, 4) is 17.2 Å². The van der Waals surface area contributed by atoms with Crippen LogP contribution < -0.4 is 5.43 Å². The lowest BCUT2D eigenvalue weighted by molar-refractivity contribution is -0.291. The molecule has 2 aliphatic rings. The second kappa shape index (κ2) is 21.0. The van der Waals surface area contributed by atoms with Gasteiger partial charge < -0.3 is 74.4 Å². The summed E-state index contributed by atoms with van der Waals surface area (Å²) in [6, 6.07) is 4.60. The van der Waals surface area contributed by atoms with E-state index in [0.29, 0.717) is 0 Å². The summed E-state index contributed by atoms with van der Waals surface area (Å²) in [5.74, 6) is -3.39. The number of rotatable bonds is 13. The van der Waals surface area contributed by atoms with Crippen molar-refractivity contribution in [1.29, 1.82) is 0 Å². The molecule has 2 fully saturated rings. The number of aliphatic hydroxyl groups excluding tert-OH is 7. The number of phenols is 3. The van der Waals surface area contributed by atoms with Crippen LogP contribution in [0.1, 0.15) is 39.4 Å². The molecule has 2 aromatic carbocycles. The first kappa shape index (κ1) is 48.1. The Morgan fingerprint density at radius 1 is 0.667 bits per heavy atom. The van der Waals surface area contributed by atoms with Gasteiger partial charge in [-0.3, -0.25) is 4.79 Å². The van der Waals surface area contributed by atoms with Crippen molar-refractivity contribution in [2.45, 2.75) is 88.9 Å². The zero-order valence-corrected chi connectivity index (χ0v) is 34.5. The van der Waals surface area contributed by atoms with Crippen molar-refractivity contribution in [2.75, 3.05) is 13.2 Å². The predicted octanol–water partition coefficient (Wildman–Crippen LogP) is 1.93. The molecule has 3 heterocycles. The van der Waals surface area contributed by atoms with Crippen molar-refractivity contribution < 1.29 is 84.0 Å². The Balaban J connectivity index is 1.13. The average molecular weight is 879 g/mol. The van der Waals surface area contributed by atoms with Gasteiger partial charge in [-0.1, -0.05) is 71.9 Å². The Hall–Kier alpha value is -5.93. The maximum Gasteiger partial charge on any atom is 0.336 e. The third-order valence-corrected chi connectivity index (χ3v) is 10.3. The lowest BCUT2D eigenvalue weighted by Gasteiger charge is -2.40. The SMILES string of the molecule is CC(/C=C/C=C(\C)C(=O)OC[C@@H]1O[C@H](c2ccc3oc4cc(O)c(O)cc4c(=O)c3c2O)[C@@H](O)[C@H](O)[C@H]1O)=C\C=C/C=C(C)/C=C/C=C(\C)C(=O)O[C@@H]1O[C@H](CO)[C@@H](O)[C@H](O)[C@H]1O. The highest BCUT2D eigenvalue weighted by molar-refractivity contribution is 5.95. The number of esters is 2. The third-order valence-electron chi connectivity index (χ3n) is 10.3. The number of benzene rings is 2.